The number of ketones is 1. The van der Waals surface area contributed by atoms with E-state index in [4.69, 9.17) is 11.5 Å². The lowest BCUT2D eigenvalue weighted by Crippen LogP contribution is -2.07. The summed E-state index contributed by atoms with van der Waals surface area (Å²) in [5.74, 6) is -0.0473. The number of hydrogen-bond acceptors (Lipinski definition) is 4. The summed E-state index contributed by atoms with van der Waals surface area (Å²) < 4.78 is 0.726. The van der Waals surface area contributed by atoms with Crippen LogP contribution >= 0.6 is 15.9 Å². The van der Waals surface area contributed by atoms with Crippen molar-refractivity contribution in [3.8, 4) is 0 Å². The highest BCUT2D eigenvalue weighted by Crippen LogP contribution is 2.22. The summed E-state index contributed by atoms with van der Waals surface area (Å²) in [4.78, 5) is 16.1. The third-order valence-corrected chi connectivity index (χ3v) is 3.27. The number of pyridine rings is 1. The molecule has 0 atom stereocenters. The van der Waals surface area contributed by atoms with Gasteiger partial charge >= 0.3 is 0 Å². The van der Waals surface area contributed by atoms with E-state index in [1.54, 1.807) is 36.7 Å². The van der Waals surface area contributed by atoms with Gasteiger partial charge < -0.3 is 11.5 Å². The van der Waals surface area contributed by atoms with Crippen LogP contribution in [-0.4, -0.2) is 10.8 Å². The van der Waals surface area contributed by atoms with Crippen LogP contribution in [0, 0.1) is 0 Å². The molecule has 0 fully saturated rings. The average molecular weight is 306 g/mol. The molecule has 0 aliphatic heterocycles. The highest BCUT2D eigenvalue weighted by molar-refractivity contribution is 9.10. The van der Waals surface area contributed by atoms with E-state index in [9.17, 15) is 4.79 Å². The molecule has 1 aromatic carbocycles. The summed E-state index contributed by atoms with van der Waals surface area (Å²) >= 11 is 3.34. The zero-order valence-electron chi connectivity index (χ0n) is 9.56. The second-order valence-corrected chi connectivity index (χ2v) is 4.77. The van der Waals surface area contributed by atoms with Gasteiger partial charge in [0.05, 0.1) is 0 Å². The number of nitrogen functional groups attached to an aromatic ring is 2. The van der Waals surface area contributed by atoms with Gasteiger partial charge in [0.25, 0.3) is 0 Å². The summed E-state index contributed by atoms with van der Waals surface area (Å²) in [7, 11) is 0. The van der Waals surface area contributed by atoms with Gasteiger partial charge in [-0.25, -0.2) is 0 Å². The van der Waals surface area contributed by atoms with Crippen molar-refractivity contribution in [1.29, 1.82) is 0 Å². The molecule has 4 nitrogen and oxygen atoms in total. The maximum Gasteiger partial charge on any atom is 0.168 e. The van der Waals surface area contributed by atoms with Crippen LogP contribution in [0.2, 0.25) is 0 Å². The number of carbonyl (C=O) groups excluding carboxylic acids is 1. The fourth-order valence-electron chi connectivity index (χ4n) is 1.61. The highest BCUT2D eigenvalue weighted by atomic mass is 79.9. The monoisotopic (exact) mass is 305 g/mol. The smallest absolute Gasteiger partial charge is 0.168 e. The Morgan fingerprint density at radius 1 is 1.28 bits per heavy atom. The van der Waals surface area contributed by atoms with Gasteiger partial charge in [-0.1, -0.05) is 15.9 Å². The molecule has 0 spiro atoms. The molecular weight excluding hydrogens is 294 g/mol. The zero-order valence-corrected chi connectivity index (χ0v) is 11.1. The molecule has 0 unspecified atom stereocenters. The lowest BCUT2D eigenvalue weighted by molar-refractivity contribution is 0.0992. The minimum absolute atomic E-state index is 0.0473. The Morgan fingerprint density at radius 3 is 2.78 bits per heavy atom. The number of aromatic nitrogens is 1. The number of nitrogens with two attached hydrogens (primary N) is 2. The maximum atomic E-state index is 12.2. The molecule has 0 aliphatic carbocycles. The first-order valence-electron chi connectivity index (χ1n) is 5.34. The van der Waals surface area contributed by atoms with Gasteiger partial charge in [0.1, 0.15) is 0 Å². The Kier molecular flexibility index (Phi) is 3.62. The van der Waals surface area contributed by atoms with Crippen molar-refractivity contribution in [2.24, 2.45) is 0 Å². The number of nitrogens with zero attached hydrogens (tertiary/aromatic N) is 1. The van der Waals surface area contributed by atoms with E-state index in [2.05, 4.69) is 20.9 Å². The zero-order chi connectivity index (χ0) is 13.1. The van der Waals surface area contributed by atoms with Gasteiger partial charge in [-0.3, -0.25) is 9.78 Å². The molecule has 1 aromatic heterocycles. The van der Waals surface area contributed by atoms with Crippen LogP contribution in [0.3, 0.4) is 0 Å². The normalized spacial score (nSPS) is 10.3. The third-order valence-electron chi connectivity index (χ3n) is 2.58. The average Bonchev–Trinajstić information content (AvgIpc) is 2.35. The van der Waals surface area contributed by atoms with Crippen LogP contribution in [0.1, 0.15) is 15.9 Å². The molecule has 2 rings (SSSR count). The van der Waals surface area contributed by atoms with Crippen LogP contribution in [0.5, 0.6) is 0 Å². The number of halogens is 1. The van der Waals surface area contributed by atoms with E-state index in [0.717, 1.165) is 10.0 Å². The second kappa shape index (κ2) is 5.18. The molecule has 1 heterocycles. The van der Waals surface area contributed by atoms with Gasteiger partial charge in [0, 0.05) is 45.8 Å². The van der Waals surface area contributed by atoms with Crippen molar-refractivity contribution in [3.63, 3.8) is 0 Å². The first kappa shape index (κ1) is 12.6. The largest absolute Gasteiger partial charge is 0.399 e. The number of carbonyl (C=O) groups is 1. The quantitative estimate of drug-likeness (QED) is 0.674. The van der Waals surface area contributed by atoms with Crippen molar-refractivity contribution in [3.05, 3.63) is 52.3 Å². The predicted octanol–water partition coefficient (Wildman–Crippen LogP) is 2.43. The third kappa shape index (κ3) is 2.68. The van der Waals surface area contributed by atoms with E-state index in [0.29, 0.717) is 16.9 Å². The van der Waals surface area contributed by atoms with Crippen LogP contribution in [0.15, 0.2) is 41.1 Å². The summed E-state index contributed by atoms with van der Waals surface area (Å²) in [6.45, 7) is 0. The first-order chi connectivity index (χ1) is 8.58. The van der Waals surface area contributed by atoms with Crippen LogP contribution < -0.4 is 11.5 Å². The molecule has 5 heteroatoms. The Bertz CT molecular complexity index is 599. The number of rotatable bonds is 3. The molecule has 92 valence electrons. The highest BCUT2D eigenvalue weighted by Gasteiger charge is 2.12. The van der Waals surface area contributed by atoms with Crippen LogP contribution in [-0.2, 0) is 6.42 Å². The SMILES string of the molecule is Nc1ccc(Br)c(C(=O)Cc2cnccc2N)c1. The minimum Gasteiger partial charge on any atom is -0.399 e. The van der Waals surface area contributed by atoms with Crippen molar-refractivity contribution in [2.75, 3.05) is 11.5 Å². The van der Waals surface area contributed by atoms with Crippen molar-refractivity contribution >= 4 is 33.1 Å². The molecule has 2 aromatic rings. The summed E-state index contributed by atoms with van der Waals surface area (Å²) in [5.41, 5.74) is 13.9. The van der Waals surface area contributed by atoms with E-state index < -0.39 is 0 Å². The van der Waals surface area contributed by atoms with E-state index in [1.165, 1.54) is 0 Å². The maximum absolute atomic E-state index is 12.2. The predicted molar refractivity (Wildman–Crippen MR) is 75.2 cm³/mol. The van der Waals surface area contributed by atoms with E-state index in [1.807, 2.05) is 0 Å². The van der Waals surface area contributed by atoms with Crippen molar-refractivity contribution < 1.29 is 4.79 Å². The molecule has 0 saturated heterocycles. The molecule has 0 bridgehead atoms. The molecule has 0 amide bonds. The minimum atomic E-state index is -0.0473. The van der Waals surface area contributed by atoms with Crippen molar-refractivity contribution in [1.82, 2.24) is 4.98 Å². The van der Waals surface area contributed by atoms with Gasteiger partial charge in [-0.15, -0.1) is 0 Å². The Balaban J connectivity index is 2.28. The van der Waals surface area contributed by atoms with Crippen molar-refractivity contribution in [2.45, 2.75) is 6.42 Å². The summed E-state index contributed by atoms with van der Waals surface area (Å²) in [5, 5.41) is 0. The van der Waals surface area contributed by atoms with E-state index in [-0.39, 0.29) is 12.2 Å². The van der Waals surface area contributed by atoms with Crippen LogP contribution in [0.4, 0.5) is 11.4 Å². The van der Waals surface area contributed by atoms with Gasteiger partial charge in [-0.05, 0) is 24.3 Å². The summed E-state index contributed by atoms with van der Waals surface area (Å²) in [6.07, 6.45) is 3.41. The Labute approximate surface area is 113 Å². The molecule has 0 radical (unpaired) electrons. The first-order valence-corrected chi connectivity index (χ1v) is 6.14. The lowest BCUT2D eigenvalue weighted by Gasteiger charge is -2.06. The number of benzene rings is 1. The fourth-order valence-corrected chi connectivity index (χ4v) is 2.08. The number of anilines is 2. The number of Topliss-reactive ketones (excluding diaryl/α,β-unsaturated/α-hetero) is 1. The lowest BCUT2D eigenvalue weighted by atomic mass is 10.0. The Morgan fingerprint density at radius 2 is 2.06 bits per heavy atom. The molecule has 0 saturated carbocycles. The molecule has 0 aliphatic rings. The standard InChI is InChI=1S/C13H12BrN3O/c14-11-2-1-9(15)6-10(11)13(18)5-8-7-17-4-3-12(8)16/h1-4,6-7H,5,15H2,(H2,16,17). The van der Waals surface area contributed by atoms with Crippen LogP contribution in [0.25, 0.3) is 0 Å². The summed E-state index contributed by atoms with van der Waals surface area (Å²) in [6, 6.07) is 6.82. The fraction of sp³-hybridized carbons (Fsp3) is 0.0769. The van der Waals surface area contributed by atoms with E-state index >= 15 is 0 Å². The topological polar surface area (TPSA) is 82.0 Å². The van der Waals surface area contributed by atoms with Gasteiger partial charge in [0.2, 0.25) is 0 Å². The second-order valence-electron chi connectivity index (χ2n) is 3.91. The van der Waals surface area contributed by atoms with Gasteiger partial charge in [-0.2, -0.15) is 0 Å². The molecular formula is C13H12BrN3O. The molecule has 4 N–H and O–H groups in total. The van der Waals surface area contributed by atoms with Gasteiger partial charge in [0.15, 0.2) is 5.78 Å². The Hall–Kier alpha value is -1.88. The number of hydrogen-bond donors (Lipinski definition) is 2. The molecule has 18 heavy (non-hydrogen) atoms.